The molecule has 1 amide bonds. The van der Waals surface area contributed by atoms with E-state index in [0.717, 1.165) is 24.8 Å². The topological polar surface area (TPSA) is 29.1 Å². The van der Waals surface area contributed by atoms with Crippen molar-refractivity contribution < 1.29 is 4.79 Å². The van der Waals surface area contributed by atoms with Crippen LogP contribution in [0.15, 0.2) is 0 Å². The Morgan fingerprint density at radius 3 is 3.00 bits per heavy atom. The number of hydrogen-bond acceptors (Lipinski definition) is 1. The van der Waals surface area contributed by atoms with Gasteiger partial charge in [0.2, 0.25) is 0 Å². The highest BCUT2D eigenvalue weighted by molar-refractivity contribution is 9.12. The Bertz CT molecular complexity index is 267. The van der Waals surface area contributed by atoms with Crippen molar-refractivity contribution in [2.45, 2.75) is 39.0 Å². The van der Waals surface area contributed by atoms with E-state index in [1.165, 1.54) is 25.7 Å². The minimum absolute atomic E-state index is 0.185. The highest BCUT2D eigenvalue weighted by Gasteiger charge is 2.18. The summed E-state index contributed by atoms with van der Waals surface area (Å²) in [5, 5.41) is 2.80. The lowest BCUT2D eigenvalue weighted by Crippen LogP contribution is -2.25. The van der Waals surface area contributed by atoms with Gasteiger partial charge in [-0.05, 0) is 29.5 Å². The van der Waals surface area contributed by atoms with Crippen LogP contribution in [0.5, 0.6) is 0 Å². The van der Waals surface area contributed by atoms with Gasteiger partial charge >= 0.3 is 0 Å². The number of hydrogen-bond donors (Lipinski definition) is 1. The van der Waals surface area contributed by atoms with Crippen molar-refractivity contribution in [2.24, 2.45) is 11.8 Å². The van der Waals surface area contributed by atoms with Gasteiger partial charge in [-0.2, -0.15) is 0 Å². The van der Waals surface area contributed by atoms with Gasteiger partial charge in [-0.3, -0.25) is 4.79 Å². The second kappa shape index (κ2) is 6.90. The molecule has 0 bridgehead atoms. The van der Waals surface area contributed by atoms with Crippen molar-refractivity contribution in [1.29, 1.82) is 0 Å². The number of carbonyl (C=O) groups is 1. The molecule has 0 saturated heterocycles. The fraction of sp³-hybridized carbons (Fsp3) is 0.750. The average molecular weight is 272 g/mol. The first kappa shape index (κ1) is 12.6. The molecule has 0 radical (unpaired) electrons. The Balaban J connectivity index is 2.13. The zero-order chi connectivity index (χ0) is 11.1. The van der Waals surface area contributed by atoms with Gasteiger partial charge < -0.3 is 5.32 Å². The Labute approximate surface area is 100 Å². The summed E-state index contributed by atoms with van der Waals surface area (Å²) in [6, 6.07) is 0. The summed E-state index contributed by atoms with van der Waals surface area (Å²) in [5.74, 6) is 3.88. The molecule has 2 unspecified atom stereocenters. The molecular formula is C12H18BrNO. The van der Waals surface area contributed by atoms with Crippen LogP contribution in [0.2, 0.25) is 0 Å². The van der Waals surface area contributed by atoms with Crippen molar-refractivity contribution in [3.05, 3.63) is 0 Å². The Morgan fingerprint density at radius 1 is 1.53 bits per heavy atom. The third-order valence-corrected chi connectivity index (χ3v) is 3.24. The maximum Gasteiger partial charge on any atom is 0.296 e. The minimum atomic E-state index is -0.185. The second-order valence-electron chi connectivity index (χ2n) is 4.40. The van der Waals surface area contributed by atoms with Crippen molar-refractivity contribution in [1.82, 2.24) is 5.32 Å². The van der Waals surface area contributed by atoms with Crippen LogP contribution in [0.3, 0.4) is 0 Å². The summed E-state index contributed by atoms with van der Waals surface area (Å²) in [4.78, 5) is 13.4. The van der Waals surface area contributed by atoms with Crippen LogP contribution in [-0.2, 0) is 4.79 Å². The van der Waals surface area contributed by atoms with Gasteiger partial charge in [0.15, 0.2) is 0 Å². The monoisotopic (exact) mass is 271 g/mol. The summed E-state index contributed by atoms with van der Waals surface area (Å²) < 4.78 is 0. The molecule has 2 nitrogen and oxygen atoms in total. The van der Waals surface area contributed by atoms with Gasteiger partial charge in [0.05, 0.1) is 0 Å². The Morgan fingerprint density at radius 2 is 2.33 bits per heavy atom. The molecule has 84 valence electrons. The smallest absolute Gasteiger partial charge is 0.296 e. The zero-order valence-electron chi connectivity index (χ0n) is 9.18. The first-order valence-corrected chi connectivity index (χ1v) is 6.41. The van der Waals surface area contributed by atoms with Crippen LogP contribution in [-0.4, -0.2) is 12.5 Å². The van der Waals surface area contributed by atoms with E-state index >= 15 is 0 Å². The molecule has 1 aliphatic carbocycles. The molecule has 1 saturated carbocycles. The molecule has 0 aromatic heterocycles. The third-order valence-electron chi connectivity index (χ3n) is 3.04. The van der Waals surface area contributed by atoms with Crippen molar-refractivity contribution in [3.8, 4) is 10.8 Å². The van der Waals surface area contributed by atoms with E-state index in [-0.39, 0.29) is 5.91 Å². The van der Waals surface area contributed by atoms with E-state index in [0.29, 0.717) is 0 Å². The number of carbonyl (C=O) groups excluding carboxylic acids is 1. The lowest BCUT2D eigenvalue weighted by molar-refractivity contribution is -0.115. The fourth-order valence-electron chi connectivity index (χ4n) is 2.30. The molecule has 0 heterocycles. The van der Waals surface area contributed by atoms with Gasteiger partial charge in [0, 0.05) is 28.4 Å². The van der Waals surface area contributed by atoms with E-state index in [1.54, 1.807) is 0 Å². The van der Waals surface area contributed by atoms with Crippen LogP contribution in [0.1, 0.15) is 39.0 Å². The highest BCUT2D eigenvalue weighted by atomic mass is 79.9. The number of halogens is 1. The molecule has 1 N–H and O–H groups in total. The first-order chi connectivity index (χ1) is 7.22. The van der Waals surface area contributed by atoms with Crippen LogP contribution in [0, 0.1) is 22.6 Å². The van der Waals surface area contributed by atoms with Gasteiger partial charge in [0.1, 0.15) is 0 Å². The lowest BCUT2D eigenvalue weighted by atomic mass is 9.81. The van der Waals surface area contributed by atoms with Crippen LogP contribution >= 0.6 is 15.9 Å². The maximum absolute atomic E-state index is 11.0. The summed E-state index contributed by atoms with van der Waals surface area (Å²) in [6.45, 7) is 3.08. The van der Waals surface area contributed by atoms with Crippen molar-refractivity contribution in [2.75, 3.05) is 6.54 Å². The molecule has 1 aliphatic rings. The number of rotatable bonds is 3. The van der Waals surface area contributed by atoms with Crippen molar-refractivity contribution in [3.63, 3.8) is 0 Å². The third kappa shape index (κ3) is 5.22. The van der Waals surface area contributed by atoms with E-state index in [9.17, 15) is 4.79 Å². The first-order valence-electron chi connectivity index (χ1n) is 5.62. The summed E-state index contributed by atoms with van der Waals surface area (Å²) >= 11 is 2.90. The predicted octanol–water partition coefficient (Wildman–Crippen LogP) is 2.67. The highest BCUT2D eigenvalue weighted by Crippen LogP contribution is 2.30. The molecule has 1 fully saturated rings. The molecule has 0 spiro atoms. The summed E-state index contributed by atoms with van der Waals surface area (Å²) in [5.41, 5.74) is 0. The molecule has 0 aromatic rings. The predicted molar refractivity (Wildman–Crippen MR) is 65.5 cm³/mol. The normalized spacial score (nSPS) is 25.2. The molecule has 1 rings (SSSR count). The van der Waals surface area contributed by atoms with Crippen molar-refractivity contribution >= 4 is 21.8 Å². The summed E-state index contributed by atoms with van der Waals surface area (Å²) in [7, 11) is 0. The Kier molecular flexibility index (Phi) is 5.78. The SMILES string of the molecule is CC1CCCC(CCNC(=O)C#CBr)C1. The van der Waals surface area contributed by atoms with E-state index in [2.05, 4.69) is 38.9 Å². The maximum atomic E-state index is 11.0. The minimum Gasteiger partial charge on any atom is -0.345 e. The van der Waals surface area contributed by atoms with E-state index in [1.807, 2.05) is 0 Å². The number of nitrogens with one attached hydrogen (secondary N) is 1. The van der Waals surface area contributed by atoms with Gasteiger partial charge in [-0.15, -0.1) is 0 Å². The lowest BCUT2D eigenvalue weighted by Gasteiger charge is -2.26. The second-order valence-corrected chi connectivity index (χ2v) is 4.80. The largest absolute Gasteiger partial charge is 0.345 e. The molecule has 3 heteroatoms. The van der Waals surface area contributed by atoms with Gasteiger partial charge in [0.25, 0.3) is 5.91 Å². The molecule has 0 aromatic carbocycles. The van der Waals surface area contributed by atoms with Crippen LogP contribution < -0.4 is 5.32 Å². The molecular weight excluding hydrogens is 254 g/mol. The van der Waals surface area contributed by atoms with Gasteiger partial charge in [-0.25, -0.2) is 0 Å². The van der Waals surface area contributed by atoms with Crippen LogP contribution in [0.25, 0.3) is 0 Å². The molecule has 0 aliphatic heterocycles. The molecule has 15 heavy (non-hydrogen) atoms. The zero-order valence-corrected chi connectivity index (χ0v) is 10.8. The molecule has 2 atom stereocenters. The fourth-order valence-corrected chi connectivity index (χ4v) is 2.48. The standard InChI is InChI=1S/C12H18BrNO/c1-10-3-2-4-11(9-10)6-8-14-12(15)5-7-13/h10-11H,2-4,6,8-9H2,1H3,(H,14,15). The summed E-state index contributed by atoms with van der Waals surface area (Å²) in [6.07, 6.45) is 6.46. The van der Waals surface area contributed by atoms with E-state index < -0.39 is 0 Å². The van der Waals surface area contributed by atoms with E-state index in [4.69, 9.17) is 0 Å². The van der Waals surface area contributed by atoms with Crippen LogP contribution in [0.4, 0.5) is 0 Å². The Hall–Kier alpha value is -0.490. The number of amides is 1. The average Bonchev–Trinajstić information content (AvgIpc) is 2.18. The van der Waals surface area contributed by atoms with Gasteiger partial charge in [-0.1, -0.05) is 26.2 Å². The quantitative estimate of drug-likeness (QED) is 0.786.